The maximum Gasteiger partial charge on any atom is 0.337 e. The third-order valence-electron chi connectivity index (χ3n) is 5.54. The fourth-order valence-electron chi connectivity index (χ4n) is 4.30. The van der Waals surface area contributed by atoms with Crippen molar-refractivity contribution in [3.05, 3.63) is 80.6 Å². The van der Waals surface area contributed by atoms with Crippen LogP contribution in [-0.2, 0) is 14.3 Å². The molecular weight excluding hydrogens is 401 g/mol. The number of hydrogen-bond acceptors (Lipinski definition) is 5. The molecule has 0 saturated carbocycles. The van der Waals surface area contributed by atoms with Gasteiger partial charge in [0.1, 0.15) is 5.82 Å². The van der Waals surface area contributed by atoms with Crippen molar-refractivity contribution in [2.75, 3.05) is 0 Å². The average Bonchev–Trinajstić information content (AvgIpc) is 3.21. The van der Waals surface area contributed by atoms with Crippen LogP contribution in [0.15, 0.2) is 64.3 Å². The Morgan fingerprint density at radius 2 is 1.93 bits per heavy atom. The predicted octanol–water partition coefficient (Wildman–Crippen LogP) is 5.20. The molecule has 156 valence electrons. The number of thiophene rings is 1. The summed E-state index contributed by atoms with van der Waals surface area (Å²) >= 11 is 1.65. The Kier molecular flexibility index (Phi) is 5.60. The van der Waals surface area contributed by atoms with Crippen molar-refractivity contribution >= 4 is 23.1 Å². The number of allylic oxidation sites excluding steroid dienone is 3. The van der Waals surface area contributed by atoms with Crippen LogP contribution in [-0.4, -0.2) is 17.9 Å². The number of esters is 1. The van der Waals surface area contributed by atoms with E-state index in [4.69, 9.17) is 4.74 Å². The van der Waals surface area contributed by atoms with Crippen molar-refractivity contribution in [3.63, 3.8) is 0 Å². The van der Waals surface area contributed by atoms with Crippen LogP contribution < -0.4 is 5.32 Å². The SMILES string of the molecule is CC1=C(C(=O)OC(C)C)[C@H](c2ccc(F)cc2)C2=C(C[C@H](c3cccs3)CC2=O)N1. The Labute approximate surface area is 179 Å². The van der Waals surface area contributed by atoms with Crippen molar-refractivity contribution in [2.45, 2.75) is 51.6 Å². The van der Waals surface area contributed by atoms with E-state index in [1.165, 1.54) is 17.0 Å². The van der Waals surface area contributed by atoms with E-state index in [9.17, 15) is 14.0 Å². The number of halogens is 1. The molecule has 0 amide bonds. The second kappa shape index (κ2) is 8.19. The van der Waals surface area contributed by atoms with Crippen molar-refractivity contribution in [2.24, 2.45) is 0 Å². The zero-order valence-corrected chi connectivity index (χ0v) is 18.0. The number of rotatable bonds is 4. The number of ether oxygens (including phenoxy) is 1. The Hall–Kier alpha value is -2.73. The van der Waals surface area contributed by atoms with Gasteiger partial charge in [0.25, 0.3) is 0 Å². The number of ketones is 1. The topological polar surface area (TPSA) is 55.4 Å². The highest BCUT2D eigenvalue weighted by Crippen LogP contribution is 2.46. The Morgan fingerprint density at radius 1 is 1.20 bits per heavy atom. The zero-order chi connectivity index (χ0) is 21.4. The van der Waals surface area contributed by atoms with E-state index in [1.54, 1.807) is 37.3 Å². The summed E-state index contributed by atoms with van der Waals surface area (Å²) in [5, 5.41) is 5.34. The highest BCUT2D eigenvalue weighted by Gasteiger charge is 2.41. The molecule has 1 aliphatic carbocycles. The Balaban J connectivity index is 1.80. The first kappa shape index (κ1) is 20.5. The molecule has 4 rings (SSSR count). The van der Waals surface area contributed by atoms with Crippen LogP contribution in [0.2, 0.25) is 0 Å². The smallest absolute Gasteiger partial charge is 0.337 e. The Morgan fingerprint density at radius 3 is 2.57 bits per heavy atom. The van der Waals surface area contributed by atoms with Crippen LogP contribution in [0.5, 0.6) is 0 Å². The van der Waals surface area contributed by atoms with Crippen LogP contribution in [0, 0.1) is 5.82 Å². The van der Waals surface area contributed by atoms with Crippen molar-refractivity contribution in [1.29, 1.82) is 0 Å². The largest absolute Gasteiger partial charge is 0.460 e. The zero-order valence-electron chi connectivity index (χ0n) is 17.2. The summed E-state index contributed by atoms with van der Waals surface area (Å²) in [5.74, 6) is -1.25. The van der Waals surface area contributed by atoms with Gasteiger partial charge < -0.3 is 10.1 Å². The quantitative estimate of drug-likeness (QED) is 0.684. The van der Waals surface area contributed by atoms with E-state index in [0.29, 0.717) is 35.2 Å². The summed E-state index contributed by atoms with van der Waals surface area (Å²) in [6, 6.07) is 10.1. The number of dihydropyridines is 1. The standard InChI is InChI=1S/C24H24FNO3S/c1-13(2)29-24(28)21-14(3)26-18-11-16(20-5-4-10-30-20)12-19(27)23(18)22(21)15-6-8-17(25)9-7-15/h4-10,13,16,22,26H,11-12H2,1-3H3/t16-,22-/m0/s1. The molecule has 4 nitrogen and oxygen atoms in total. The van der Waals surface area contributed by atoms with Crippen molar-refractivity contribution < 1.29 is 18.7 Å². The molecule has 0 saturated heterocycles. The minimum Gasteiger partial charge on any atom is -0.460 e. The van der Waals surface area contributed by atoms with Crippen LogP contribution in [0.25, 0.3) is 0 Å². The van der Waals surface area contributed by atoms with E-state index >= 15 is 0 Å². The van der Waals surface area contributed by atoms with Crippen molar-refractivity contribution in [1.82, 2.24) is 5.32 Å². The van der Waals surface area contributed by atoms with E-state index in [-0.39, 0.29) is 23.6 Å². The molecule has 6 heteroatoms. The molecule has 2 atom stereocenters. The summed E-state index contributed by atoms with van der Waals surface area (Å²) < 4.78 is 19.1. The lowest BCUT2D eigenvalue weighted by Gasteiger charge is -2.36. The molecule has 0 unspecified atom stereocenters. The minimum atomic E-state index is -0.565. The van der Waals surface area contributed by atoms with Crippen molar-refractivity contribution in [3.8, 4) is 0 Å². The number of carbonyl (C=O) groups is 2. The fraction of sp³-hybridized carbons (Fsp3) is 0.333. The van der Waals surface area contributed by atoms with Gasteiger partial charge >= 0.3 is 5.97 Å². The molecule has 0 spiro atoms. The summed E-state index contributed by atoms with van der Waals surface area (Å²) in [6.45, 7) is 5.41. The van der Waals surface area contributed by atoms with Crippen LogP contribution in [0.1, 0.15) is 55.9 Å². The third kappa shape index (κ3) is 3.84. The first-order chi connectivity index (χ1) is 14.3. The highest BCUT2D eigenvalue weighted by molar-refractivity contribution is 7.10. The van der Waals surface area contributed by atoms with Gasteiger partial charge in [0.2, 0.25) is 0 Å². The maximum absolute atomic E-state index is 13.6. The van der Waals surface area contributed by atoms with E-state index < -0.39 is 11.9 Å². The van der Waals surface area contributed by atoms with E-state index in [1.807, 2.05) is 18.4 Å². The molecule has 2 aromatic rings. The monoisotopic (exact) mass is 425 g/mol. The summed E-state index contributed by atoms with van der Waals surface area (Å²) in [5.41, 5.74) is 3.24. The van der Waals surface area contributed by atoms with Gasteiger partial charge in [0.15, 0.2) is 5.78 Å². The van der Waals surface area contributed by atoms with Gasteiger partial charge in [0, 0.05) is 40.1 Å². The minimum absolute atomic E-state index is 0.0128. The average molecular weight is 426 g/mol. The second-order valence-corrected chi connectivity index (χ2v) is 9.02. The maximum atomic E-state index is 13.6. The van der Waals surface area contributed by atoms with Crippen LogP contribution in [0.4, 0.5) is 4.39 Å². The predicted molar refractivity (Wildman–Crippen MR) is 115 cm³/mol. The first-order valence-electron chi connectivity index (χ1n) is 10.1. The molecule has 30 heavy (non-hydrogen) atoms. The lowest BCUT2D eigenvalue weighted by molar-refractivity contribution is -0.143. The van der Waals surface area contributed by atoms with Gasteiger partial charge in [-0.1, -0.05) is 18.2 Å². The molecular formula is C24H24FNO3S. The van der Waals surface area contributed by atoms with Gasteiger partial charge in [-0.15, -0.1) is 11.3 Å². The molecule has 0 radical (unpaired) electrons. The first-order valence-corrected chi connectivity index (χ1v) is 11.0. The summed E-state index contributed by atoms with van der Waals surface area (Å²) in [7, 11) is 0. The fourth-order valence-corrected chi connectivity index (χ4v) is 5.13. The second-order valence-electron chi connectivity index (χ2n) is 8.04. The number of hydrogen-bond donors (Lipinski definition) is 1. The normalized spacial score (nSPS) is 21.6. The lowest BCUT2D eigenvalue weighted by atomic mass is 9.72. The number of benzene rings is 1. The van der Waals surface area contributed by atoms with E-state index in [0.717, 1.165) is 5.70 Å². The van der Waals surface area contributed by atoms with Gasteiger partial charge in [-0.3, -0.25) is 4.79 Å². The van der Waals surface area contributed by atoms with Gasteiger partial charge in [0.05, 0.1) is 11.7 Å². The lowest BCUT2D eigenvalue weighted by Crippen LogP contribution is -2.36. The molecule has 2 aliphatic rings. The van der Waals surface area contributed by atoms with Crippen LogP contribution in [0.3, 0.4) is 0 Å². The summed E-state index contributed by atoms with van der Waals surface area (Å²) in [4.78, 5) is 27.5. The molecule has 1 aliphatic heterocycles. The number of carbonyl (C=O) groups excluding carboxylic acids is 2. The number of Topliss-reactive ketones (excluding diaryl/α,β-unsaturated/α-hetero) is 1. The van der Waals surface area contributed by atoms with E-state index in [2.05, 4.69) is 11.4 Å². The molecule has 0 bridgehead atoms. The molecule has 0 fully saturated rings. The molecule has 1 aromatic heterocycles. The Bertz CT molecular complexity index is 1030. The highest BCUT2D eigenvalue weighted by atomic mass is 32.1. The van der Waals surface area contributed by atoms with Gasteiger partial charge in [-0.25, -0.2) is 9.18 Å². The molecule has 1 N–H and O–H groups in total. The van der Waals surface area contributed by atoms with Crippen LogP contribution >= 0.6 is 11.3 Å². The number of nitrogens with one attached hydrogen (secondary N) is 1. The third-order valence-corrected chi connectivity index (χ3v) is 6.57. The molecule has 1 aromatic carbocycles. The van der Waals surface area contributed by atoms with Gasteiger partial charge in [-0.05, 0) is 56.3 Å². The van der Waals surface area contributed by atoms with Gasteiger partial charge in [-0.2, -0.15) is 0 Å². The summed E-state index contributed by atoms with van der Waals surface area (Å²) in [6.07, 6.45) is 0.806. The molecule has 2 heterocycles.